The Bertz CT molecular complexity index is 824. The number of hydrogen-bond donors (Lipinski definition) is 1. The molecule has 0 aliphatic carbocycles. The minimum Gasteiger partial charge on any atom is -0.397 e. The summed E-state index contributed by atoms with van der Waals surface area (Å²) in [6.45, 7) is 4.08. The van der Waals surface area contributed by atoms with Gasteiger partial charge in [0.2, 0.25) is 0 Å². The highest BCUT2D eigenvalue weighted by Crippen LogP contribution is 2.28. The van der Waals surface area contributed by atoms with E-state index in [4.69, 9.17) is 5.73 Å². The van der Waals surface area contributed by atoms with Crippen molar-refractivity contribution in [3.8, 4) is 5.69 Å². The van der Waals surface area contributed by atoms with Gasteiger partial charge >= 0.3 is 0 Å². The van der Waals surface area contributed by atoms with E-state index < -0.39 is 0 Å². The summed E-state index contributed by atoms with van der Waals surface area (Å²) in [5.41, 5.74) is 11.2. The molecule has 0 aliphatic heterocycles. The number of nitrogens with two attached hydrogens (primary N) is 1. The smallest absolute Gasteiger partial charge is 0.139 e. The van der Waals surface area contributed by atoms with Crippen molar-refractivity contribution in [3.63, 3.8) is 0 Å². The van der Waals surface area contributed by atoms with Gasteiger partial charge in [0, 0.05) is 6.07 Å². The fraction of sp³-hybridized carbons (Fsp3) is 0.133. The Morgan fingerprint density at radius 3 is 2.60 bits per heavy atom. The molecule has 1 aromatic heterocycles. The number of aromatic nitrogens is 2. The van der Waals surface area contributed by atoms with Crippen molar-refractivity contribution >= 4 is 32.7 Å². The number of fused-ring (bicyclic) bond motifs is 1. The zero-order valence-electron chi connectivity index (χ0n) is 11.1. The molecule has 1 heterocycles. The zero-order chi connectivity index (χ0) is 14.4. The van der Waals surface area contributed by atoms with Gasteiger partial charge in [-0.05, 0) is 59.1 Å². The minimum absolute atomic E-state index is 0.347. The van der Waals surface area contributed by atoms with Crippen LogP contribution < -0.4 is 5.73 Å². The van der Waals surface area contributed by atoms with Crippen LogP contribution in [0.15, 0.2) is 35.1 Å². The first-order valence-corrected chi connectivity index (χ1v) is 6.96. The van der Waals surface area contributed by atoms with Crippen LogP contribution in [0.2, 0.25) is 0 Å². The Labute approximate surface area is 124 Å². The van der Waals surface area contributed by atoms with Crippen LogP contribution in [0.25, 0.3) is 16.7 Å². The quantitative estimate of drug-likeness (QED) is 0.680. The Morgan fingerprint density at radius 1 is 1.15 bits per heavy atom. The molecule has 3 rings (SSSR count). The maximum atomic E-state index is 13.8. The molecule has 5 heteroatoms. The van der Waals surface area contributed by atoms with Crippen LogP contribution in [0.3, 0.4) is 0 Å². The lowest BCUT2D eigenvalue weighted by molar-refractivity contribution is 0.620. The molecule has 0 aliphatic rings. The number of halogens is 2. The topological polar surface area (TPSA) is 43.8 Å². The van der Waals surface area contributed by atoms with E-state index >= 15 is 0 Å². The maximum absolute atomic E-state index is 13.8. The second-order valence-corrected chi connectivity index (χ2v) is 5.72. The molecule has 0 atom stereocenters. The van der Waals surface area contributed by atoms with Gasteiger partial charge in [-0.15, -0.1) is 0 Å². The summed E-state index contributed by atoms with van der Waals surface area (Å²) in [4.78, 5) is 4.36. The lowest BCUT2D eigenvalue weighted by Gasteiger charge is -2.10. The van der Waals surface area contributed by atoms with Gasteiger partial charge in [0.15, 0.2) is 0 Å². The predicted octanol–water partition coefficient (Wildman–Crippen LogP) is 4.13. The minimum atomic E-state index is -0.347. The number of rotatable bonds is 1. The summed E-state index contributed by atoms with van der Waals surface area (Å²) in [5.74, 6) is -0.347. The van der Waals surface area contributed by atoms with Crippen LogP contribution in [-0.4, -0.2) is 9.55 Å². The highest BCUT2D eigenvalue weighted by molar-refractivity contribution is 9.10. The molecule has 0 fully saturated rings. The molecule has 0 saturated carbocycles. The van der Waals surface area contributed by atoms with Crippen molar-refractivity contribution in [2.45, 2.75) is 13.8 Å². The third-order valence-corrected chi connectivity index (χ3v) is 4.10. The van der Waals surface area contributed by atoms with E-state index in [0.717, 1.165) is 16.6 Å². The maximum Gasteiger partial charge on any atom is 0.139 e. The third-order valence-electron chi connectivity index (χ3n) is 3.49. The fourth-order valence-corrected chi connectivity index (χ4v) is 2.58. The average Bonchev–Trinajstić information content (AvgIpc) is 2.77. The zero-order valence-corrected chi connectivity index (χ0v) is 12.7. The largest absolute Gasteiger partial charge is 0.397 e. The summed E-state index contributed by atoms with van der Waals surface area (Å²) in [7, 11) is 0. The Kier molecular flexibility index (Phi) is 3.01. The Balaban J connectivity index is 2.30. The van der Waals surface area contributed by atoms with Gasteiger partial charge in [0.25, 0.3) is 0 Å². The summed E-state index contributed by atoms with van der Waals surface area (Å²) >= 11 is 3.13. The second kappa shape index (κ2) is 4.59. The van der Waals surface area contributed by atoms with E-state index in [2.05, 4.69) is 20.9 Å². The fourth-order valence-electron chi connectivity index (χ4n) is 2.22. The number of benzene rings is 2. The van der Waals surface area contributed by atoms with Gasteiger partial charge in [0.1, 0.15) is 12.1 Å². The monoisotopic (exact) mass is 333 g/mol. The lowest BCUT2D eigenvalue weighted by atomic mass is 10.1. The predicted molar refractivity (Wildman–Crippen MR) is 82.6 cm³/mol. The summed E-state index contributed by atoms with van der Waals surface area (Å²) in [5, 5.41) is 0. The number of nitrogens with zero attached hydrogens (tertiary/aromatic N) is 2. The molecule has 0 saturated heterocycles. The Morgan fingerprint density at radius 2 is 1.85 bits per heavy atom. The third kappa shape index (κ3) is 1.98. The SMILES string of the molecule is Cc1cc2ncn(-c3cc(F)c(Br)cc3N)c2cc1C. The van der Waals surface area contributed by atoms with E-state index in [0.29, 0.717) is 15.8 Å². The van der Waals surface area contributed by atoms with Crippen molar-refractivity contribution < 1.29 is 4.39 Å². The van der Waals surface area contributed by atoms with Gasteiger partial charge in [0.05, 0.1) is 26.9 Å². The van der Waals surface area contributed by atoms with Crippen molar-refractivity contribution in [1.82, 2.24) is 9.55 Å². The van der Waals surface area contributed by atoms with Crippen LogP contribution in [-0.2, 0) is 0 Å². The molecule has 2 N–H and O–H groups in total. The summed E-state index contributed by atoms with van der Waals surface area (Å²) < 4.78 is 15.9. The first-order chi connectivity index (χ1) is 9.47. The first kappa shape index (κ1) is 13.1. The summed E-state index contributed by atoms with van der Waals surface area (Å²) in [6.07, 6.45) is 1.67. The molecule has 102 valence electrons. The van der Waals surface area contributed by atoms with Gasteiger partial charge in [-0.1, -0.05) is 0 Å². The van der Waals surface area contributed by atoms with E-state index in [9.17, 15) is 4.39 Å². The lowest BCUT2D eigenvalue weighted by Crippen LogP contribution is -2.00. The molecule has 20 heavy (non-hydrogen) atoms. The van der Waals surface area contributed by atoms with Gasteiger partial charge in [-0.3, -0.25) is 4.57 Å². The van der Waals surface area contributed by atoms with Crippen LogP contribution >= 0.6 is 15.9 Å². The van der Waals surface area contributed by atoms with Gasteiger partial charge in [-0.25, -0.2) is 9.37 Å². The number of aryl methyl sites for hydroxylation is 2. The number of nitrogen functional groups attached to an aromatic ring is 1. The molecule has 0 amide bonds. The molecule has 3 aromatic rings. The van der Waals surface area contributed by atoms with Gasteiger partial charge in [-0.2, -0.15) is 0 Å². The van der Waals surface area contributed by atoms with E-state index in [1.165, 1.54) is 11.6 Å². The molecule has 3 nitrogen and oxygen atoms in total. The molecule has 0 bridgehead atoms. The highest BCUT2D eigenvalue weighted by atomic mass is 79.9. The number of hydrogen-bond acceptors (Lipinski definition) is 2. The first-order valence-electron chi connectivity index (χ1n) is 6.16. The molecule has 0 spiro atoms. The highest BCUT2D eigenvalue weighted by Gasteiger charge is 2.12. The van der Waals surface area contributed by atoms with E-state index in [1.807, 2.05) is 30.5 Å². The van der Waals surface area contributed by atoms with Crippen molar-refractivity contribution in [2.24, 2.45) is 0 Å². The molecule has 0 radical (unpaired) electrons. The van der Waals surface area contributed by atoms with Crippen LogP contribution in [0.5, 0.6) is 0 Å². The van der Waals surface area contributed by atoms with Crippen LogP contribution in [0, 0.1) is 19.7 Å². The normalized spacial score (nSPS) is 11.2. The molecule has 0 unspecified atom stereocenters. The van der Waals surface area contributed by atoms with Crippen LogP contribution in [0.1, 0.15) is 11.1 Å². The second-order valence-electron chi connectivity index (χ2n) is 4.86. The van der Waals surface area contributed by atoms with Gasteiger partial charge < -0.3 is 5.73 Å². The van der Waals surface area contributed by atoms with E-state index in [-0.39, 0.29) is 5.82 Å². The molecular formula is C15H13BrFN3. The Hall–Kier alpha value is -1.88. The molecular weight excluding hydrogens is 321 g/mol. The van der Waals surface area contributed by atoms with Crippen molar-refractivity contribution in [3.05, 3.63) is 52.0 Å². The summed E-state index contributed by atoms with van der Waals surface area (Å²) in [6, 6.07) is 7.04. The standard InChI is InChI=1S/C15H13BrFN3/c1-8-3-13-15(4-9(8)2)20(7-19-13)14-6-11(17)10(16)5-12(14)18/h3-7H,18H2,1-2H3. The van der Waals surface area contributed by atoms with E-state index in [1.54, 1.807) is 12.4 Å². The van der Waals surface area contributed by atoms with Crippen molar-refractivity contribution in [2.75, 3.05) is 5.73 Å². The average molecular weight is 334 g/mol. The molecule has 2 aromatic carbocycles. The number of anilines is 1. The van der Waals surface area contributed by atoms with Crippen LogP contribution in [0.4, 0.5) is 10.1 Å². The number of imidazole rings is 1. The van der Waals surface area contributed by atoms with Crippen molar-refractivity contribution in [1.29, 1.82) is 0 Å².